The highest BCUT2D eigenvalue weighted by Gasteiger charge is 2.30. The number of nitrogens with zero attached hydrogens (tertiary/aromatic N) is 1. The lowest BCUT2D eigenvalue weighted by Gasteiger charge is -2.24. The summed E-state index contributed by atoms with van der Waals surface area (Å²) in [4.78, 5) is 11.4. The molecule has 1 atom stereocenters. The number of fused-ring (bicyclic) bond motifs is 1. The molecule has 1 amide bonds. The van der Waals surface area contributed by atoms with Gasteiger partial charge < -0.3 is 34.5 Å². The zero-order valence-electron chi connectivity index (χ0n) is 23.4. The number of methoxy groups -OCH3 is 1. The first kappa shape index (κ1) is 31.4. The number of anilines is 2. The number of rotatable bonds is 11. The summed E-state index contributed by atoms with van der Waals surface area (Å²) in [5.74, 6) is 6.09. The third-order valence-electron chi connectivity index (χ3n) is 6.57. The first-order valence-electron chi connectivity index (χ1n) is 13.5. The molecule has 0 spiro atoms. The Labute approximate surface area is 245 Å². The largest absolute Gasteiger partial charge is 0.593 e. The zero-order chi connectivity index (χ0) is 30.1. The maximum Gasteiger partial charge on any atom is 0.406 e. The van der Waals surface area contributed by atoms with Crippen LogP contribution in [0.25, 0.3) is 10.9 Å². The van der Waals surface area contributed by atoms with Crippen molar-refractivity contribution >= 4 is 39.5 Å². The molecular formula is C29H34F3N5O4S. The van der Waals surface area contributed by atoms with Gasteiger partial charge in [-0.1, -0.05) is 12.0 Å². The lowest BCUT2D eigenvalue weighted by atomic mass is 10.1. The fraction of sp³-hybridized carbons (Fsp3) is 0.414. The predicted molar refractivity (Wildman–Crippen MR) is 157 cm³/mol. The van der Waals surface area contributed by atoms with Gasteiger partial charge in [0, 0.05) is 49.9 Å². The van der Waals surface area contributed by atoms with Gasteiger partial charge in [-0.25, -0.2) is 0 Å². The zero-order valence-corrected chi connectivity index (χ0v) is 24.2. The standard InChI is InChI=1S/C29H34F3N5O4S/c1-20(38)33-13-14-35-42(39)23-8-9-26(28(18-23)40-2)34-12-4-5-22-17-24-25(36-21-10-15-41-16-11-21)6-3-7-27(24)37(22)19-29(30,31)32/h3,6-9,17-18,21,34-36H,10-16,19H2,1-2H3,(H,33,38). The molecule has 4 N–H and O–H groups in total. The van der Waals surface area contributed by atoms with E-state index < -0.39 is 24.1 Å². The molecule has 2 heterocycles. The predicted octanol–water partition coefficient (Wildman–Crippen LogP) is 4.02. The summed E-state index contributed by atoms with van der Waals surface area (Å²) in [6, 6.07) is 12.1. The fourth-order valence-corrected chi connectivity index (χ4v) is 5.46. The van der Waals surface area contributed by atoms with Crippen LogP contribution in [0, 0.1) is 11.8 Å². The van der Waals surface area contributed by atoms with Crippen LogP contribution in [0.15, 0.2) is 47.4 Å². The monoisotopic (exact) mass is 605 g/mol. The highest BCUT2D eigenvalue weighted by molar-refractivity contribution is 7.89. The number of carbonyl (C=O) groups is 1. The Balaban J connectivity index is 1.48. The van der Waals surface area contributed by atoms with Crippen molar-refractivity contribution < 1.29 is 32.0 Å². The summed E-state index contributed by atoms with van der Waals surface area (Å²) in [5, 5.41) is 9.88. The Bertz CT molecular complexity index is 1430. The number of benzene rings is 2. The van der Waals surface area contributed by atoms with E-state index in [4.69, 9.17) is 9.47 Å². The number of carbonyl (C=O) groups excluding carboxylic acids is 1. The molecule has 9 nitrogen and oxygen atoms in total. The van der Waals surface area contributed by atoms with E-state index >= 15 is 0 Å². The van der Waals surface area contributed by atoms with Gasteiger partial charge >= 0.3 is 6.18 Å². The average Bonchev–Trinajstić information content (AvgIpc) is 3.30. The second-order valence-electron chi connectivity index (χ2n) is 9.66. The number of halogens is 3. The topological polar surface area (TPSA) is 112 Å². The van der Waals surface area contributed by atoms with E-state index in [-0.39, 0.29) is 24.2 Å². The van der Waals surface area contributed by atoms with Crippen LogP contribution in [0.1, 0.15) is 25.5 Å². The van der Waals surface area contributed by atoms with Gasteiger partial charge in [0.15, 0.2) is 4.90 Å². The van der Waals surface area contributed by atoms with Crippen LogP contribution in [0.3, 0.4) is 0 Å². The van der Waals surface area contributed by atoms with Crippen LogP contribution in [-0.4, -0.2) is 67.2 Å². The van der Waals surface area contributed by atoms with Crippen molar-refractivity contribution in [3.05, 3.63) is 48.2 Å². The van der Waals surface area contributed by atoms with Gasteiger partial charge in [-0.15, -0.1) is 4.72 Å². The molecule has 1 saturated heterocycles. The molecule has 42 heavy (non-hydrogen) atoms. The van der Waals surface area contributed by atoms with E-state index in [1.165, 1.54) is 18.6 Å². The van der Waals surface area contributed by atoms with Gasteiger partial charge in [-0.2, -0.15) is 13.2 Å². The maximum absolute atomic E-state index is 13.5. The highest BCUT2D eigenvalue weighted by Crippen LogP contribution is 2.31. The first-order chi connectivity index (χ1) is 20.1. The van der Waals surface area contributed by atoms with Crippen molar-refractivity contribution in [2.24, 2.45) is 0 Å². The number of alkyl halides is 3. The lowest BCUT2D eigenvalue weighted by Crippen LogP contribution is -2.33. The summed E-state index contributed by atoms with van der Waals surface area (Å²) in [6.45, 7) is 2.34. The normalized spacial score (nSPS) is 14.6. The van der Waals surface area contributed by atoms with Crippen LogP contribution in [-0.2, 0) is 27.4 Å². The molecule has 0 saturated carbocycles. The molecule has 4 rings (SSSR count). The van der Waals surface area contributed by atoms with Gasteiger partial charge in [-0.3, -0.25) is 4.79 Å². The second kappa shape index (κ2) is 14.6. The van der Waals surface area contributed by atoms with Gasteiger partial charge in [0.05, 0.1) is 48.5 Å². The molecule has 2 aromatic carbocycles. The van der Waals surface area contributed by atoms with Crippen LogP contribution >= 0.6 is 0 Å². The Kier molecular flexibility index (Phi) is 10.9. The fourth-order valence-electron chi connectivity index (χ4n) is 4.60. The number of hydrogen-bond acceptors (Lipinski definition) is 7. The van der Waals surface area contributed by atoms with E-state index in [2.05, 4.69) is 32.5 Å². The molecule has 226 valence electrons. The molecular weight excluding hydrogens is 571 g/mol. The first-order valence-corrected chi connectivity index (χ1v) is 14.6. The van der Waals surface area contributed by atoms with Gasteiger partial charge in [0.2, 0.25) is 5.91 Å². The van der Waals surface area contributed by atoms with E-state index in [0.29, 0.717) is 53.5 Å². The van der Waals surface area contributed by atoms with E-state index in [0.717, 1.165) is 18.5 Å². The van der Waals surface area contributed by atoms with E-state index in [1.807, 2.05) is 6.07 Å². The third kappa shape index (κ3) is 8.72. The molecule has 0 bridgehead atoms. The SMILES string of the molecule is COc1cc([S+]([O-])NCCNC(C)=O)ccc1NCC#Cc1cc2c(NC3CCOCC3)cccc2n1CC(F)(F)F. The molecule has 1 aromatic heterocycles. The lowest BCUT2D eigenvalue weighted by molar-refractivity contribution is -0.140. The molecule has 1 aliphatic rings. The molecule has 1 fully saturated rings. The molecule has 1 unspecified atom stereocenters. The number of ether oxygens (including phenoxy) is 2. The molecule has 0 aliphatic carbocycles. The van der Waals surface area contributed by atoms with Gasteiger partial charge in [-0.05, 0) is 49.1 Å². The van der Waals surface area contributed by atoms with Gasteiger partial charge in [0.1, 0.15) is 12.3 Å². The third-order valence-corrected chi connectivity index (χ3v) is 7.72. The van der Waals surface area contributed by atoms with Crippen LogP contribution < -0.4 is 25.4 Å². The van der Waals surface area contributed by atoms with Crippen LogP contribution in [0.4, 0.5) is 24.5 Å². The van der Waals surface area contributed by atoms with E-state index in [9.17, 15) is 22.5 Å². The van der Waals surface area contributed by atoms with Gasteiger partial charge in [0.25, 0.3) is 0 Å². The second-order valence-corrected chi connectivity index (χ2v) is 11.0. The van der Waals surface area contributed by atoms with Crippen LogP contribution in [0.2, 0.25) is 0 Å². The average molecular weight is 606 g/mol. The minimum Gasteiger partial charge on any atom is -0.593 e. The van der Waals surface area contributed by atoms with Crippen molar-refractivity contribution in [2.45, 2.75) is 43.4 Å². The number of nitrogens with one attached hydrogen (secondary N) is 4. The Morgan fingerprint density at radius 2 is 1.95 bits per heavy atom. The van der Waals surface area contributed by atoms with Crippen molar-refractivity contribution in [1.29, 1.82) is 0 Å². The van der Waals surface area contributed by atoms with Crippen LogP contribution in [0.5, 0.6) is 5.75 Å². The van der Waals surface area contributed by atoms with Crippen molar-refractivity contribution in [2.75, 3.05) is 50.6 Å². The molecule has 0 radical (unpaired) electrons. The molecule has 1 aliphatic heterocycles. The number of amides is 1. The summed E-state index contributed by atoms with van der Waals surface area (Å²) in [6.07, 6.45) is -2.76. The van der Waals surface area contributed by atoms with E-state index in [1.54, 1.807) is 36.4 Å². The number of hydrogen-bond donors (Lipinski definition) is 4. The highest BCUT2D eigenvalue weighted by atomic mass is 32.2. The smallest absolute Gasteiger partial charge is 0.406 e. The summed E-state index contributed by atoms with van der Waals surface area (Å²) in [5.41, 5.74) is 2.07. The summed E-state index contributed by atoms with van der Waals surface area (Å²) < 4.78 is 68.0. The Morgan fingerprint density at radius 3 is 2.67 bits per heavy atom. The Hall–Kier alpha value is -3.57. The Morgan fingerprint density at radius 1 is 1.17 bits per heavy atom. The maximum atomic E-state index is 13.5. The minimum atomic E-state index is -4.42. The van der Waals surface area contributed by atoms with Crippen molar-refractivity contribution in [3.63, 3.8) is 0 Å². The number of aromatic nitrogens is 1. The van der Waals surface area contributed by atoms with Crippen molar-refractivity contribution in [1.82, 2.24) is 14.6 Å². The summed E-state index contributed by atoms with van der Waals surface area (Å²) in [7, 11) is 1.48. The molecule has 13 heteroatoms. The summed E-state index contributed by atoms with van der Waals surface area (Å²) >= 11 is -1.52. The van der Waals surface area contributed by atoms with Crippen molar-refractivity contribution in [3.8, 4) is 17.6 Å². The molecule has 3 aromatic rings. The quantitative estimate of drug-likeness (QED) is 0.149. The minimum absolute atomic E-state index is 0.133.